The van der Waals surface area contributed by atoms with Crippen molar-refractivity contribution in [3.05, 3.63) is 52.6 Å². The first kappa shape index (κ1) is 30.8. The maximum atomic E-state index is 12.9. The number of aliphatic hydroxyl groups is 1. The van der Waals surface area contributed by atoms with Crippen molar-refractivity contribution in [2.75, 3.05) is 18.5 Å². The van der Waals surface area contributed by atoms with Crippen LogP contribution in [0.1, 0.15) is 32.1 Å². The first-order valence-corrected chi connectivity index (χ1v) is 14.2. The van der Waals surface area contributed by atoms with Crippen molar-refractivity contribution in [2.24, 2.45) is 5.92 Å². The molecule has 1 unspecified atom stereocenters. The third kappa shape index (κ3) is 7.38. The van der Waals surface area contributed by atoms with E-state index in [2.05, 4.69) is 25.6 Å². The molecular formula is C25H30N7O9P. The van der Waals surface area contributed by atoms with Crippen LogP contribution >= 0.6 is 8.25 Å². The van der Waals surface area contributed by atoms with E-state index in [1.807, 2.05) is 12.1 Å². The average molecular weight is 604 g/mol. The quantitative estimate of drug-likeness (QED) is 0.171. The number of hydrogen-bond donors (Lipinski definition) is 4. The van der Waals surface area contributed by atoms with Gasteiger partial charge in [0.15, 0.2) is 17.4 Å². The molecule has 42 heavy (non-hydrogen) atoms. The smallest absolute Gasteiger partial charge is 0.407 e. The van der Waals surface area contributed by atoms with E-state index in [9.17, 15) is 24.1 Å². The van der Waals surface area contributed by atoms with E-state index in [0.29, 0.717) is 0 Å². The zero-order valence-electron chi connectivity index (χ0n) is 22.7. The van der Waals surface area contributed by atoms with Gasteiger partial charge in [-0.1, -0.05) is 44.2 Å². The zero-order valence-corrected chi connectivity index (χ0v) is 23.7. The summed E-state index contributed by atoms with van der Waals surface area (Å²) in [5.74, 6) is -0.928. The molecule has 3 aromatic rings. The van der Waals surface area contributed by atoms with Gasteiger partial charge < -0.3 is 28.9 Å². The first-order chi connectivity index (χ1) is 20.2. The third-order valence-electron chi connectivity index (χ3n) is 6.16. The van der Waals surface area contributed by atoms with Gasteiger partial charge in [0.25, 0.3) is 5.56 Å². The van der Waals surface area contributed by atoms with Crippen molar-refractivity contribution in [2.45, 2.75) is 51.4 Å². The van der Waals surface area contributed by atoms with E-state index >= 15 is 0 Å². The number of anilines is 1. The summed E-state index contributed by atoms with van der Waals surface area (Å²) >= 11 is 0. The van der Waals surface area contributed by atoms with Crippen LogP contribution in [0.4, 0.5) is 10.7 Å². The van der Waals surface area contributed by atoms with E-state index in [1.54, 1.807) is 38.1 Å². The first-order valence-electron chi connectivity index (χ1n) is 12.9. The summed E-state index contributed by atoms with van der Waals surface area (Å²) in [5, 5.41) is 23.9. The lowest BCUT2D eigenvalue weighted by Gasteiger charge is -2.25. The van der Waals surface area contributed by atoms with Gasteiger partial charge in [0.1, 0.15) is 24.9 Å². The van der Waals surface area contributed by atoms with Crippen molar-refractivity contribution < 1.29 is 37.8 Å². The molecule has 1 aromatic carbocycles. The maximum Gasteiger partial charge on any atom is 0.407 e. The molecule has 1 aliphatic heterocycles. The lowest BCUT2D eigenvalue weighted by Crippen LogP contribution is -2.47. The Morgan fingerprint density at radius 1 is 1.31 bits per heavy atom. The van der Waals surface area contributed by atoms with Gasteiger partial charge in [-0.05, 0) is 5.56 Å². The van der Waals surface area contributed by atoms with Crippen LogP contribution in [0.3, 0.4) is 0 Å². The van der Waals surface area contributed by atoms with E-state index in [-0.39, 0.29) is 36.7 Å². The molecule has 0 radical (unpaired) electrons. The predicted octanol–water partition coefficient (Wildman–Crippen LogP) is 1.60. The minimum Gasteiger partial charge on any atom is -0.445 e. The number of rotatable bonds is 12. The van der Waals surface area contributed by atoms with Gasteiger partial charge in [-0.15, -0.1) is 0 Å². The molecule has 3 heterocycles. The molecule has 224 valence electrons. The Morgan fingerprint density at radius 2 is 2.07 bits per heavy atom. The summed E-state index contributed by atoms with van der Waals surface area (Å²) in [6.07, 6.45) is -3.22. The fourth-order valence-electron chi connectivity index (χ4n) is 4.08. The average Bonchev–Trinajstić information content (AvgIpc) is 3.54. The second-order valence-electron chi connectivity index (χ2n) is 9.45. The number of nitrogens with zero attached hydrogens (tertiary/aromatic N) is 4. The van der Waals surface area contributed by atoms with Crippen molar-refractivity contribution in [3.8, 4) is 6.07 Å². The lowest BCUT2D eigenvalue weighted by molar-refractivity contribution is -0.118. The van der Waals surface area contributed by atoms with Crippen molar-refractivity contribution in [1.82, 2.24) is 24.8 Å². The summed E-state index contributed by atoms with van der Waals surface area (Å²) in [6, 6.07) is 9.62. The Bertz CT molecular complexity index is 1520. The van der Waals surface area contributed by atoms with E-state index < -0.39 is 62.8 Å². The molecule has 1 saturated heterocycles. The van der Waals surface area contributed by atoms with Crippen molar-refractivity contribution in [3.63, 3.8) is 0 Å². The predicted molar refractivity (Wildman–Crippen MR) is 146 cm³/mol. The molecule has 0 aliphatic carbocycles. The molecule has 4 N–H and O–H groups in total. The number of fused-ring (bicyclic) bond motifs is 1. The highest BCUT2D eigenvalue weighted by Gasteiger charge is 2.49. The van der Waals surface area contributed by atoms with Crippen LogP contribution in [-0.4, -0.2) is 68.1 Å². The molecule has 17 heteroatoms. The summed E-state index contributed by atoms with van der Waals surface area (Å²) in [5.41, 5.74) is -0.0266. The van der Waals surface area contributed by atoms with Gasteiger partial charge in [-0.2, -0.15) is 10.2 Å². The van der Waals surface area contributed by atoms with Crippen LogP contribution in [0.15, 0.2) is 41.5 Å². The standard InChI is InChI=1S/C25H30N7O9P/c1-14(2)21(34)30-24-29-20-18(22(35)31-24)27-13-32(20)23-17(28-25(36)38-12-15-7-4-3-5-8-15)19(16(11-33)40-23)41-42(37)39-10-6-9-26/h3-5,7-8,13-14,16-17,19,23,33,42H,6,10-12H2,1-2H3,(H,28,36)(H2,29,30,31,34,35)/t16-,17-,19-,23-/m1/s1. The van der Waals surface area contributed by atoms with Crippen LogP contribution in [-0.2, 0) is 34.5 Å². The molecule has 0 spiro atoms. The van der Waals surface area contributed by atoms with E-state index in [4.69, 9.17) is 23.8 Å². The number of carbonyl (C=O) groups is 2. The Kier molecular flexibility index (Phi) is 10.4. The molecule has 5 atom stereocenters. The van der Waals surface area contributed by atoms with E-state index in [0.717, 1.165) is 5.56 Å². The van der Waals surface area contributed by atoms with E-state index in [1.165, 1.54) is 10.9 Å². The number of alkyl carbamates (subject to hydrolysis) is 1. The second-order valence-corrected chi connectivity index (χ2v) is 10.5. The van der Waals surface area contributed by atoms with Crippen LogP contribution in [0.2, 0.25) is 0 Å². The highest BCUT2D eigenvalue weighted by Crippen LogP contribution is 2.38. The molecule has 2 aromatic heterocycles. The summed E-state index contributed by atoms with van der Waals surface area (Å²) in [6.45, 7) is 2.51. The summed E-state index contributed by atoms with van der Waals surface area (Å²) in [7, 11) is -3.21. The number of hydrogen-bond acceptors (Lipinski definition) is 12. The molecular weight excluding hydrogens is 573 g/mol. The maximum absolute atomic E-state index is 12.9. The number of amides is 2. The molecule has 0 saturated carbocycles. The highest BCUT2D eigenvalue weighted by molar-refractivity contribution is 7.33. The molecule has 4 rings (SSSR count). The normalized spacial score (nSPS) is 20.7. The molecule has 1 aliphatic rings. The largest absolute Gasteiger partial charge is 0.445 e. The Balaban J connectivity index is 1.65. The monoisotopic (exact) mass is 603 g/mol. The van der Waals surface area contributed by atoms with Crippen LogP contribution in [0, 0.1) is 17.2 Å². The number of aromatic nitrogens is 4. The molecule has 1 fully saturated rings. The zero-order chi connectivity index (χ0) is 30.2. The number of nitrogens with one attached hydrogen (secondary N) is 3. The number of aliphatic hydroxyl groups excluding tert-OH is 1. The molecule has 0 bridgehead atoms. The van der Waals surface area contributed by atoms with Crippen LogP contribution < -0.4 is 16.2 Å². The summed E-state index contributed by atoms with van der Waals surface area (Å²) < 4.78 is 35.9. The number of nitriles is 1. The topological polar surface area (TPSA) is 220 Å². The number of H-pyrrole nitrogens is 1. The van der Waals surface area contributed by atoms with Gasteiger partial charge in [-0.25, -0.2) is 9.78 Å². The third-order valence-corrected chi connectivity index (χ3v) is 7.06. The van der Waals surface area contributed by atoms with Gasteiger partial charge >= 0.3 is 14.3 Å². The second kappa shape index (κ2) is 14.2. The number of benzene rings is 1. The minimum absolute atomic E-state index is 0.0116. The number of imidazole rings is 1. The highest BCUT2D eigenvalue weighted by atomic mass is 31.1. The van der Waals surface area contributed by atoms with Gasteiger partial charge in [0, 0.05) is 5.92 Å². The fourth-order valence-corrected chi connectivity index (χ4v) is 4.94. The summed E-state index contributed by atoms with van der Waals surface area (Å²) in [4.78, 5) is 48.7. The fraction of sp³-hybridized carbons (Fsp3) is 0.440. The van der Waals surface area contributed by atoms with Crippen molar-refractivity contribution in [1.29, 1.82) is 5.26 Å². The number of ether oxygens (including phenoxy) is 2. The molecule has 2 amide bonds. The minimum atomic E-state index is -3.21. The van der Waals surface area contributed by atoms with Gasteiger partial charge in [0.2, 0.25) is 11.9 Å². The lowest BCUT2D eigenvalue weighted by atomic mass is 10.1. The number of carbonyl (C=O) groups excluding carboxylic acids is 2. The Hall–Kier alpha value is -4.13. The Labute approximate surface area is 239 Å². The van der Waals surface area contributed by atoms with Gasteiger partial charge in [0.05, 0.1) is 32.0 Å². The number of aromatic amines is 1. The van der Waals surface area contributed by atoms with Gasteiger partial charge in [-0.3, -0.25) is 29.0 Å². The Morgan fingerprint density at radius 3 is 2.76 bits per heavy atom. The van der Waals surface area contributed by atoms with Crippen LogP contribution in [0.25, 0.3) is 11.2 Å². The SMILES string of the molecule is CC(C)C(=O)Nc1nc2c(ncn2[C@@H]2O[C@H](CO)[C@@H](O[PH](=O)OCCC#N)[C@H]2NC(=O)OCc2ccccc2)c(=O)[nH]1. The van der Waals surface area contributed by atoms with Crippen LogP contribution in [0.5, 0.6) is 0 Å². The molecule has 16 nitrogen and oxygen atoms in total. The van der Waals surface area contributed by atoms with Crippen molar-refractivity contribution >= 4 is 37.4 Å².